The number of hydrogen-bond donors (Lipinski definition) is 1. The second-order valence-corrected chi connectivity index (χ2v) is 5.96. The molecule has 2 rings (SSSR count). The number of halogens is 1. The van der Waals surface area contributed by atoms with Crippen LogP contribution in [0.3, 0.4) is 0 Å². The van der Waals surface area contributed by atoms with Crippen molar-refractivity contribution in [2.75, 3.05) is 11.9 Å². The van der Waals surface area contributed by atoms with Crippen molar-refractivity contribution >= 4 is 23.2 Å². The molecule has 0 radical (unpaired) electrons. The van der Waals surface area contributed by atoms with Crippen LogP contribution in [0.5, 0.6) is 11.5 Å². The third kappa shape index (κ3) is 4.65. The van der Waals surface area contributed by atoms with E-state index in [1.54, 1.807) is 13.0 Å². The van der Waals surface area contributed by atoms with Gasteiger partial charge >= 0.3 is 0 Å². The standard InChI is InChI=1S/C19H22ClNO3/c1-5-23-16-8-6-7-15(11-16)21-19(22)14(4)24-17-9-12(2)18(20)13(3)10-17/h6-11,14H,5H2,1-4H3,(H,21,22)/t14-/m1/s1. The van der Waals surface area contributed by atoms with Gasteiger partial charge in [0.05, 0.1) is 6.61 Å². The first-order chi connectivity index (χ1) is 11.4. The Balaban J connectivity index is 2.03. The lowest BCUT2D eigenvalue weighted by Crippen LogP contribution is -2.30. The largest absolute Gasteiger partial charge is 0.494 e. The van der Waals surface area contributed by atoms with E-state index in [4.69, 9.17) is 21.1 Å². The van der Waals surface area contributed by atoms with Crippen LogP contribution in [0.15, 0.2) is 36.4 Å². The molecule has 0 aliphatic rings. The van der Waals surface area contributed by atoms with Crippen LogP contribution < -0.4 is 14.8 Å². The van der Waals surface area contributed by atoms with Crippen LogP contribution in [0.1, 0.15) is 25.0 Å². The Morgan fingerprint density at radius 3 is 2.46 bits per heavy atom. The van der Waals surface area contributed by atoms with E-state index in [0.29, 0.717) is 28.8 Å². The Bertz CT molecular complexity index is 707. The highest BCUT2D eigenvalue weighted by Crippen LogP contribution is 2.26. The van der Waals surface area contributed by atoms with Gasteiger partial charge in [0, 0.05) is 16.8 Å². The smallest absolute Gasteiger partial charge is 0.265 e. The molecule has 2 aromatic carbocycles. The van der Waals surface area contributed by atoms with Gasteiger partial charge in [-0.2, -0.15) is 0 Å². The average Bonchev–Trinajstić information content (AvgIpc) is 2.53. The molecule has 0 heterocycles. The molecule has 0 aliphatic heterocycles. The van der Waals surface area contributed by atoms with Gasteiger partial charge in [-0.1, -0.05) is 17.7 Å². The van der Waals surface area contributed by atoms with Crippen molar-refractivity contribution in [2.45, 2.75) is 33.8 Å². The maximum absolute atomic E-state index is 12.3. The van der Waals surface area contributed by atoms with Crippen LogP contribution in [-0.2, 0) is 4.79 Å². The number of rotatable bonds is 6. The quantitative estimate of drug-likeness (QED) is 0.819. The summed E-state index contributed by atoms with van der Waals surface area (Å²) in [5.41, 5.74) is 2.51. The average molecular weight is 348 g/mol. The second kappa shape index (κ2) is 8.06. The zero-order valence-electron chi connectivity index (χ0n) is 14.4. The van der Waals surface area contributed by atoms with Crippen molar-refractivity contribution in [3.8, 4) is 11.5 Å². The fourth-order valence-electron chi connectivity index (χ4n) is 2.31. The number of benzene rings is 2. The highest BCUT2D eigenvalue weighted by Gasteiger charge is 2.16. The Morgan fingerprint density at radius 1 is 1.17 bits per heavy atom. The molecule has 5 heteroatoms. The molecule has 0 aliphatic carbocycles. The summed E-state index contributed by atoms with van der Waals surface area (Å²) in [5.74, 6) is 1.11. The third-order valence-electron chi connectivity index (χ3n) is 3.50. The molecule has 128 valence electrons. The van der Waals surface area contributed by atoms with E-state index in [0.717, 1.165) is 11.1 Å². The van der Waals surface area contributed by atoms with E-state index in [1.165, 1.54) is 0 Å². The topological polar surface area (TPSA) is 47.6 Å². The highest BCUT2D eigenvalue weighted by atomic mass is 35.5. The minimum Gasteiger partial charge on any atom is -0.494 e. The molecule has 0 fully saturated rings. The SMILES string of the molecule is CCOc1cccc(NC(=O)[C@@H](C)Oc2cc(C)c(Cl)c(C)c2)c1. The number of amides is 1. The normalized spacial score (nSPS) is 11.7. The molecular formula is C19H22ClNO3. The Labute approximate surface area is 147 Å². The van der Waals surface area contributed by atoms with Crippen molar-refractivity contribution in [3.05, 3.63) is 52.5 Å². The number of aryl methyl sites for hydroxylation is 2. The molecule has 0 saturated heterocycles. The summed E-state index contributed by atoms with van der Waals surface area (Å²) in [7, 11) is 0. The second-order valence-electron chi connectivity index (χ2n) is 5.58. The van der Waals surface area contributed by atoms with Gasteiger partial charge in [-0.15, -0.1) is 0 Å². The van der Waals surface area contributed by atoms with E-state index in [2.05, 4.69) is 5.32 Å². The molecule has 0 bridgehead atoms. The molecule has 0 spiro atoms. The summed E-state index contributed by atoms with van der Waals surface area (Å²) in [4.78, 5) is 12.3. The monoisotopic (exact) mass is 347 g/mol. The Hall–Kier alpha value is -2.20. The zero-order valence-corrected chi connectivity index (χ0v) is 15.1. The van der Waals surface area contributed by atoms with Crippen LogP contribution >= 0.6 is 11.6 Å². The number of carbonyl (C=O) groups excluding carboxylic acids is 1. The van der Waals surface area contributed by atoms with Crippen LogP contribution in [0, 0.1) is 13.8 Å². The van der Waals surface area contributed by atoms with Crippen LogP contribution in [0.25, 0.3) is 0 Å². The van der Waals surface area contributed by atoms with Gasteiger partial charge in [-0.3, -0.25) is 4.79 Å². The van der Waals surface area contributed by atoms with Gasteiger partial charge in [0.25, 0.3) is 5.91 Å². The lowest BCUT2D eigenvalue weighted by Gasteiger charge is -2.16. The molecule has 2 aromatic rings. The van der Waals surface area contributed by atoms with Gasteiger partial charge in [0.1, 0.15) is 11.5 Å². The maximum atomic E-state index is 12.3. The lowest BCUT2D eigenvalue weighted by atomic mass is 10.1. The summed E-state index contributed by atoms with van der Waals surface area (Å²) in [6.07, 6.45) is -0.638. The van der Waals surface area contributed by atoms with Crippen molar-refractivity contribution in [3.63, 3.8) is 0 Å². The van der Waals surface area contributed by atoms with Crippen molar-refractivity contribution in [1.29, 1.82) is 0 Å². The van der Waals surface area contributed by atoms with E-state index >= 15 is 0 Å². The Kier molecular flexibility index (Phi) is 6.10. The number of hydrogen-bond acceptors (Lipinski definition) is 3. The van der Waals surface area contributed by atoms with Crippen LogP contribution in [0.4, 0.5) is 5.69 Å². The first-order valence-electron chi connectivity index (χ1n) is 7.87. The number of carbonyl (C=O) groups is 1. The first-order valence-corrected chi connectivity index (χ1v) is 8.25. The summed E-state index contributed by atoms with van der Waals surface area (Å²) in [5, 5.41) is 3.55. The van der Waals surface area contributed by atoms with E-state index in [1.807, 2.05) is 51.1 Å². The van der Waals surface area contributed by atoms with Gasteiger partial charge in [-0.05, 0) is 63.1 Å². The molecule has 4 nitrogen and oxygen atoms in total. The Morgan fingerprint density at radius 2 is 1.83 bits per heavy atom. The summed E-state index contributed by atoms with van der Waals surface area (Å²) in [6, 6.07) is 10.9. The zero-order chi connectivity index (χ0) is 17.7. The van der Waals surface area contributed by atoms with E-state index < -0.39 is 6.10 Å². The van der Waals surface area contributed by atoms with Crippen LogP contribution in [0.2, 0.25) is 5.02 Å². The van der Waals surface area contributed by atoms with E-state index in [9.17, 15) is 4.79 Å². The summed E-state index contributed by atoms with van der Waals surface area (Å²) < 4.78 is 11.2. The molecule has 0 unspecified atom stereocenters. The molecule has 1 atom stereocenters. The number of nitrogens with one attached hydrogen (secondary N) is 1. The fourth-order valence-corrected chi connectivity index (χ4v) is 2.42. The molecule has 1 N–H and O–H groups in total. The van der Waals surface area contributed by atoms with Crippen molar-refractivity contribution in [1.82, 2.24) is 0 Å². The van der Waals surface area contributed by atoms with Gasteiger partial charge in [0.2, 0.25) is 0 Å². The van der Waals surface area contributed by atoms with Crippen molar-refractivity contribution in [2.24, 2.45) is 0 Å². The predicted molar refractivity (Wildman–Crippen MR) is 97.3 cm³/mol. The lowest BCUT2D eigenvalue weighted by molar-refractivity contribution is -0.122. The molecule has 0 saturated carbocycles. The van der Waals surface area contributed by atoms with Gasteiger partial charge in [-0.25, -0.2) is 0 Å². The molecule has 24 heavy (non-hydrogen) atoms. The number of ether oxygens (including phenoxy) is 2. The third-order valence-corrected chi connectivity index (χ3v) is 4.10. The summed E-state index contributed by atoms with van der Waals surface area (Å²) in [6.45, 7) is 8.02. The molecule has 0 aromatic heterocycles. The molecule has 1 amide bonds. The van der Waals surface area contributed by atoms with Crippen molar-refractivity contribution < 1.29 is 14.3 Å². The minimum absolute atomic E-state index is 0.228. The predicted octanol–water partition coefficient (Wildman–Crippen LogP) is 4.76. The maximum Gasteiger partial charge on any atom is 0.265 e. The first kappa shape index (κ1) is 18.1. The number of anilines is 1. The van der Waals surface area contributed by atoms with Gasteiger partial charge < -0.3 is 14.8 Å². The van der Waals surface area contributed by atoms with Crippen LogP contribution in [-0.4, -0.2) is 18.6 Å². The van der Waals surface area contributed by atoms with E-state index in [-0.39, 0.29) is 5.91 Å². The molecular weight excluding hydrogens is 326 g/mol. The van der Waals surface area contributed by atoms with Gasteiger partial charge in [0.15, 0.2) is 6.10 Å². The minimum atomic E-state index is -0.638. The highest BCUT2D eigenvalue weighted by molar-refractivity contribution is 6.32. The summed E-state index contributed by atoms with van der Waals surface area (Å²) >= 11 is 6.15. The fraction of sp³-hybridized carbons (Fsp3) is 0.316.